The Morgan fingerprint density at radius 1 is 0.971 bits per heavy atom. The first-order valence-electron chi connectivity index (χ1n) is 12.7. The minimum atomic E-state index is -4.52. The van der Waals surface area contributed by atoms with Gasteiger partial charge in [0.25, 0.3) is 5.91 Å². The smallest absolute Gasteiger partial charge is 0.350 e. The van der Waals surface area contributed by atoms with Crippen molar-refractivity contribution in [3.05, 3.63) is 35.4 Å². The number of carbonyl (C=O) groups is 2. The first-order valence-corrected chi connectivity index (χ1v) is 12.7. The van der Waals surface area contributed by atoms with E-state index in [4.69, 9.17) is 0 Å². The van der Waals surface area contributed by atoms with Gasteiger partial charge in [-0.1, -0.05) is 6.07 Å². The number of nitrogens with zero attached hydrogens (tertiary/aromatic N) is 2. The zero-order chi connectivity index (χ0) is 24.8. The van der Waals surface area contributed by atoms with Crippen molar-refractivity contribution in [3.63, 3.8) is 0 Å². The number of alkyl halides is 3. The van der Waals surface area contributed by atoms with Crippen molar-refractivity contribution in [2.45, 2.75) is 62.8 Å². The first kappa shape index (κ1) is 25.9. The molecule has 1 aliphatic carbocycles. The fraction of sp³-hybridized carbons (Fsp3) is 0.680. The molecule has 2 aliphatic heterocycles. The molecule has 1 saturated carbocycles. The van der Waals surface area contributed by atoms with Crippen LogP contribution in [0.3, 0.4) is 0 Å². The maximum absolute atomic E-state index is 12.9. The van der Waals surface area contributed by atoms with E-state index in [1.807, 2.05) is 0 Å². The lowest BCUT2D eigenvalue weighted by Gasteiger charge is -2.39. The van der Waals surface area contributed by atoms with Crippen LogP contribution in [0.15, 0.2) is 24.3 Å². The summed E-state index contributed by atoms with van der Waals surface area (Å²) in [5.74, 6) is -1.02. The van der Waals surface area contributed by atoms with Gasteiger partial charge in [-0.05, 0) is 69.8 Å². The Morgan fingerprint density at radius 2 is 1.71 bits per heavy atom. The molecule has 194 valence electrons. The maximum atomic E-state index is 12.9. The molecule has 0 unspecified atom stereocenters. The van der Waals surface area contributed by atoms with Gasteiger partial charge in [0.1, 0.15) is 0 Å². The predicted octanol–water partition coefficient (Wildman–Crippen LogP) is 2.23. The summed E-state index contributed by atoms with van der Waals surface area (Å²) in [7, 11) is 0. The summed E-state index contributed by atoms with van der Waals surface area (Å²) in [5.41, 5.74) is -1.01. The molecule has 3 fully saturated rings. The molecule has 10 heteroatoms. The van der Waals surface area contributed by atoms with Gasteiger partial charge in [-0.25, -0.2) is 0 Å². The molecule has 3 aliphatic rings. The lowest BCUT2D eigenvalue weighted by atomic mass is 9.89. The molecule has 7 nitrogen and oxygen atoms in total. The van der Waals surface area contributed by atoms with Crippen LogP contribution in [0.25, 0.3) is 0 Å². The summed E-state index contributed by atoms with van der Waals surface area (Å²) in [6.45, 7) is 6.00. The van der Waals surface area contributed by atoms with E-state index in [9.17, 15) is 22.8 Å². The Labute approximate surface area is 204 Å². The number of nitrogens with one attached hydrogen (secondary N) is 3. The molecule has 0 radical (unpaired) electrons. The van der Waals surface area contributed by atoms with Crippen LogP contribution in [0.2, 0.25) is 0 Å². The number of benzene rings is 1. The normalized spacial score (nSPS) is 26.8. The van der Waals surface area contributed by atoms with Gasteiger partial charge in [-0.2, -0.15) is 13.2 Å². The van der Waals surface area contributed by atoms with Gasteiger partial charge < -0.3 is 16.0 Å². The number of halogens is 3. The highest BCUT2D eigenvalue weighted by Crippen LogP contribution is 2.30. The van der Waals surface area contributed by atoms with Gasteiger partial charge in [0.2, 0.25) is 5.91 Å². The summed E-state index contributed by atoms with van der Waals surface area (Å²) in [4.78, 5) is 29.7. The van der Waals surface area contributed by atoms with Crippen molar-refractivity contribution in [2.24, 2.45) is 0 Å². The number of carbonyl (C=O) groups excluding carboxylic acids is 2. The van der Waals surface area contributed by atoms with Crippen LogP contribution in [0.5, 0.6) is 0 Å². The molecule has 4 rings (SSSR count). The summed E-state index contributed by atoms with van der Waals surface area (Å²) in [6.07, 6.45) is 2.37. The molecule has 0 aromatic heterocycles. The van der Waals surface area contributed by atoms with E-state index < -0.39 is 17.6 Å². The Kier molecular flexibility index (Phi) is 8.67. The molecule has 0 spiro atoms. The Bertz CT molecular complexity index is 865. The van der Waals surface area contributed by atoms with Crippen LogP contribution in [0, 0.1) is 0 Å². The number of hydrogen-bond acceptors (Lipinski definition) is 5. The lowest BCUT2D eigenvalue weighted by molar-refractivity contribution is -0.137. The van der Waals surface area contributed by atoms with E-state index in [1.54, 1.807) is 0 Å². The molecule has 2 heterocycles. The van der Waals surface area contributed by atoms with Crippen LogP contribution >= 0.6 is 0 Å². The van der Waals surface area contributed by atoms with Crippen molar-refractivity contribution in [1.82, 2.24) is 25.8 Å². The average Bonchev–Trinajstić information content (AvgIpc) is 3.14. The molecule has 1 aromatic rings. The molecule has 2 amide bonds. The molecular weight excluding hydrogens is 459 g/mol. The first-order chi connectivity index (χ1) is 16.8. The zero-order valence-corrected chi connectivity index (χ0v) is 20.1. The van der Waals surface area contributed by atoms with Gasteiger partial charge in [-0.3, -0.25) is 19.4 Å². The van der Waals surface area contributed by atoms with E-state index in [1.165, 1.54) is 50.8 Å². The highest BCUT2D eigenvalue weighted by molar-refractivity contribution is 5.96. The minimum Gasteiger partial charge on any atom is -0.350 e. The van der Waals surface area contributed by atoms with Crippen molar-refractivity contribution in [2.75, 3.05) is 45.8 Å². The van der Waals surface area contributed by atoms with Crippen molar-refractivity contribution in [1.29, 1.82) is 0 Å². The third kappa shape index (κ3) is 7.17. The van der Waals surface area contributed by atoms with E-state index >= 15 is 0 Å². The van der Waals surface area contributed by atoms with Crippen LogP contribution in [-0.4, -0.2) is 85.6 Å². The largest absolute Gasteiger partial charge is 0.416 e. The Morgan fingerprint density at radius 3 is 2.46 bits per heavy atom. The molecule has 1 aromatic carbocycles. The second-order valence-corrected chi connectivity index (χ2v) is 9.91. The summed E-state index contributed by atoms with van der Waals surface area (Å²) < 4.78 is 38.6. The average molecular weight is 496 g/mol. The van der Waals surface area contributed by atoms with E-state index in [0.29, 0.717) is 12.1 Å². The van der Waals surface area contributed by atoms with Crippen LogP contribution in [0.4, 0.5) is 13.2 Å². The van der Waals surface area contributed by atoms with E-state index in [2.05, 4.69) is 25.8 Å². The topological polar surface area (TPSA) is 76.7 Å². The number of hydrogen-bond donors (Lipinski definition) is 3. The monoisotopic (exact) mass is 495 g/mol. The molecular formula is C25H36F3N5O2. The predicted molar refractivity (Wildman–Crippen MR) is 127 cm³/mol. The third-order valence-electron chi connectivity index (χ3n) is 7.52. The van der Waals surface area contributed by atoms with Gasteiger partial charge in [-0.15, -0.1) is 0 Å². The molecule has 3 N–H and O–H groups in total. The van der Waals surface area contributed by atoms with Crippen molar-refractivity contribution in [3.8, 4) is 0 Å². The molecule has 35 heavy (non-hydrogen) atoms. The quantitative estimate of drug-likeness (QED) is 0.565. The Balaban J connectivity index is 1.17. The van der Waals surface area contributed by atoms with E-state index in [-0.39, 0.29) is 24.1 Å². The SMILES string of the molecule is O=C(CNC(=O)c1cccc(C(F)(F)F)c1)N[C@@H]1CCN(C2CCC(N3CCCNCC3)CC2)C1. The number of likely N-dealkylation sites (tertiary alicyclic amines) is 1. The molecule has 1 atom stereocenters. The fourth-order valence-electron chi connectivity index (χ4n) is 5.64. The van der Waals surface area contributed by atoms with Gasteiger partial charge in [0.05, 0.1) is 12.1 Å². The standard InChI is InChI=1S/C25H36F3N5O2/c26-25(27,28)19-4-1-3-18(15-19)24(35)30-16-23(34)31-20-9-13-33(17-20)22-7-5-21(6-8-22)32-12-2-10-29-11-14-32/h1,3-4,15,20-22,29H,2,5-14,16-17H2,(H,30,35)(H,31,34)/t20-,21?,22?/m1/s1. The summed E-state index contributed by atoms with van der Waals surface area (Å²) >= 11 is 0. The minimum absolute atomic E-state index is 0.0300. The van der Waals surface area contributed by atoms with Crippen LogP contribution in [0.1, 0.15) is 54.4 Å². The molecule has 2 saturated heterocycles. The van der Waals surface area contributed by atoms with Gasteiger partial charge in [0, 0.05) is 49.9 Å². The second-order valence-electron chi connectivity index (χ2n) is 9.91. The van der Waals surface area contributed by atoms with Crippen molar-refractivity contribution >= 4 is 11.8 Å². The summed E-state index contributed by atoms with van der Waals surface area (Å²) in [6, 6.07) is 5.46. The number of rotatable bonds is 6. The second kappa shape index (κ2) is 11.7. The maximum Gasteiger partial charge on any atom is 0.416 e. The van der Waals surface area contributed by atoms with Gasteiger partial charge in [0.15, 0.2) is 0 Å². The highest BCUT2D eigenvalue weighted by atomic mass is 19.4. The summed E-state index contributed by atoms with van der Waals surface area (Å²) in [5, 5.41) is 8.87. The fourth-order valence-corrected chi connectivity index (χ4v) is 5.64. The Hall–Kier alpha value is -2.17. The third-order valence-corrected chi connectivity index (χ3v) is 7.52. The van der Waals surface area contributed by atoms with Crippen molar-refractivity contribution < 1.29 is 22.8 Å². The molecule has 0 bridgehead atoms. The van der Waals surface area contributed by atoms with Crippen LogP contribution < -0.4 is 16.0 Å². The van der Waals surface area contributed by atoms with E-state index in [0.717, 1.165) is 51.3 Å². The number of amides is 2. The zero-order valence-electron chi connectivity index (χ0n) is 20.1. The highest BCUT2D eigenvalue weighted by Gasteiger charge is 2.34. The van der Waals surface area contributed by atoms with Gasteiger partial charge >= 0.3 is 6.18 Å². The lowest BCUT2D eigenvalue weighted by Crippen LogP contribution is -2.46. The van der Waals surface area contributed by atoms with Crippen LogP contribution in [-0.2, 0) is 11.0 Å².